The molecule has 1 atom stereocenters. The summed E-state index contributed by atoms with van der Waals surface area (Å²) in [5.41, 5.74) is 10.9. The summed E-state index contributed by atoms with van der Waals surface area (Å²) in [6, 6.07) is 1.94. The monoisotopic (exact) mass is 336 g/mol. The first kappa shape index (κ1) is 15.2. The maximum Gasteiger partial charge on any atom is 0.0766 e. The van der Waals surface area contributed by atoms with E-state index in [9.17, 15) is 0 Å². The van der Waals surface area contributed by atoms with Crippen LogP contribution >= 0.6 is 15.9 Å². The van der Waals surface area contributed by atoms with Gasteiger partial charge in [-0.05, 0) is 53.4 Å². The highest BCUT2D eigenvalue weighted by atomic mass is 79.9. The number of rotatable bonds is 5. The molecular weight excluding hydrogens is 316 g/mol. The molecule has 0 aliphatic rings. The van der Waals surface area contributed by atoms with Gasteiger partial charge in [0.2, 0.25) is 0 Å². The van der Waals surface area contributed by atoms with Crippen LogP contribution in [0.4, 0.5) is 0 Å². The van der Waals surface area contributed by atoms with Crippen molar-refractivity contribution in [2.75, 3.05) is 0 Å². The molecule has 4 nitrogen and oxygen atoms in total. The lowest BCUT2D eigenvalue weighted by molar-refractivity contribution is 0.583. The van der Waals surface area contributed by atoms with Crippen molar-refractivity contribution in [3.05, 3.63) is 45.4 Å². The molecule has 0 amide bonds. The smallest absolute Gasteiger partial charge is 0.0766 e. The molecule has 0 aliphatic carbocycles. The van der Waals surface area contributed by atoms with Gasteiger partial charge in [-0.1, -0.05) is 6.92 Å². The Morgan fingerprint density at radius 2 is 2.15 bits per heavy atom. The van der Waals surface area contributed by atoms with E-state index in [0.29, 0.717) is 0 Å². The van der Waals surface area contributed by atoms with Crippen LogP contribution in [0.25, 0.3) is 0 Å². The summed E-state index contributed by atoms with van der Waals surface area (Å²) in [5, 5.41) is 4.61. The van der Waals surface area contributed by atoms with Crippen LogP contribution in [-0.2, 0) is 19.4 Å². The topological polar surface area (TPSA) is 56.7 Å². The molecule has 2 aromatic heterocycles. The third kappa shape index (κ3) is 2.94. The van der Waals surface area contributed by atoms with Crippen LogP contribution in [0.15, 0.2) is 22.9 Å². The predicted octanol–water partition coefficient (Wildman–Crippen LogP) is 3.17. The summed E-state index contributed by atoms with van der Waals surface area (Å²) >= 11 is 3.67. The Morgan fingerprint density at radius 1 is 1.40 bits per heavy atom. The van der Waals surface area contributed by atoms with Gasteiger partial charge in [-0.2, -0.15) is 5.10 Å². The number of aromatic nitrogens is 3. The Labute approximate surface area is 128 Å². The van der Waals surface area contributed by atoms with E-state index in [1.807, 2.05) is 16.9 Å². The Morgan fingerprint density at radius 3 is 2.75 bits per heavy atom. The Kier molecular flexibility index (Phi) is 4.94. The van der Waals surface area contributed by atoms with Crippen molar-refractivity contribution in [2.24, 2.45) is 5.73 Å². The van der Waals surface area contributed by atoms with Crippen LogP contribution < -0.4 is 5.73 Å². The zero-order chi connectivity index (χ0) is 14.7. The first-order valence-electron chi connectivity index (χ1n) is 6.98. The average molecular weight is 337 g/mol. The molecule has 0 bridgehead atoms. The number of nitrogens with zero attached hydrogens (tertiary/aromatic N) is 3. The predicted molar refractivity (Wildman–Crippen MR) is 84.6 cm³/mol. The van der Waals surface area contributed by atoms with Gasteiger partial charge >= 0.3 is 0 Å². The summed E-state index contributed by atoms with van der Waals surface area (Å²) in [6.45, 7) is 7.14. The first-order valence-corrected chi connectivity index (χ1v) is 7.77. The van der Waals surface area contributed by atoms with Crippen LogP contribution in [0, 0.1) is 6.92 Å². The van der Waals surface area contributed by atoms with Crippen molar-refractivity contribution < 1.29 is 0 Å². The second-order valence-electron chi connectivity index (χ2n) is 4.92. The number of pyridine rings is 1. The SMILES string of the molecule is CCc1nn(CC)c(CC(N)c2cnccc2C)c1Br. The molecule has 1 unspecified atom stereocenters. The van der Waals surface area contributed by atoms with E-state index in [1.54, 1.807) is 6.20 Å². The summed E-state index contributed by atoms with van der Waals surface area (Å²) in [6.07, 6.45) is 5.34. The molecule has 0 radical (unpaired) electrons. The third-order valence-corrected chi connectivity index (χ3v) is 4.50. The summed E-state index contributed by atoms with van der Waals surface area (Å²) in [7, 11) is 0. The molecule has 0 saturated carbocycles. The van der Waals surface area contributed by atoms with Gasteiger partial charge in [0, 0.05) is 31.4 Å². The van der Waals surface area contributed by atoms with E-state index in [4.69, 9.17) is 5.73 Å². The maximum absolute atomic E-state index is 6.37. The van der Waals surface area contributed by atoms with Gasteiger partial charge in [0.15, 0.2) is 0 Å². The normalized spacial score (nSPS) is 12.7. The van der Waals surface area contributed by atoms with Crippen molar-refractivity contribution in [2.45, 2.75) is 46.2 Å². The van der Waals surface area contributed by atoms with Crippen LogP contribution in [0.1, 0.15) is 42.4 Å². The highest BCUT2D eigenvalue weighted by Gasteiger charge is 2.18. The molecule has 0 aliphatic heterocycles. The Bertz CT molecular complexity index is 592. The zero-order valence-corrected chi connectivity index (χ0v) is 13.8. The second-order valence-corrected chi connectivity index (χ2v) is 5.71. The van der Waals surface area contributed by atoms with Gasteiger partial charge in [-0.15, -0.1) is 0 Å². The fourth-order valence-electron chi connectivity index (χ4n) is 2.39. The molecule has 0 fully saturated rings. The molecule has 2 aromatic rings. The molecule has 108 valence electrons. The third-order valence-electron chi connectivity index (χ3n) is 3.59. The average Bonchev–Trinajstić information content (AvgIpc) is 2.75. The van der Waals surface area contributed by atoms with Crippen molar-refractivity contribution in [1.29, 1.82) is 0 Å². The highest BCUT2D eigenvalue weighted by Crippen LogP contribution is 2.27. The quantitative estimate of drug-likeness (QED) is 0.912. The lowest BCUT2D eigenvalue weighted by Gasteiger charge is -2.15. The molecule has 2 heterocycles. The van der Waals surface area contributed by atoms with Crippen LogP contribution in [-0.4, -0.2) is 14.8 Å². The van der Waals surface area contributed by atoms with Crippen LogP contribution in [0.5, 0.6) is 0 Å². The molecule has 20 heavy (non-hydrogen) atoms. The van der Waals surface area contributed by atoms with Crippen molar-refractivity contribution in [1.82, 2.24) is 14.8 Å². The van der Waals surface area contributed by atoms with Gasteiger partial charge < -0.3 is 5.73 Å². The highest BCUT2D eigenvalue weighted by molar-refractivity contribution is 9.10. The zero-order valence-electron chi connectivity index (χ0n) is 12.2. The fourth-order valence-corrected chi connectivity index (χ4v) is 3.12. The van der Waals surface area contributed by atoms with E-state index in [1.165, 1.54) is 11.3 Å². The molecule has 2 N–H and O–H groups in total. The van der Waals surface area contributed by atoms with E-state index in [0.717, 1.165) is 35.1 Å². The number of halogens is 1. The minimum Gasteiger partial charge on any atom is -0.324 e. The minimum absolute atomic E-state index is 0.0632. The van der Waals surface area contributed by atoms with Gasteiger partial charge in [-0.3, -0.25) is 9.67 Å². The minimum atomic E-state index is -0.0632. The fraction of sp³-hybridized carbons (Fsp3) is 0.467. The van der Waals surface area contributed by atoms with E-state index in [2.05, 4.69) is 46.8 Å². The van der Waals surface area contributed by atoms with Gasteiger partial charge in [0.25, 0.3) is 0 Å². The maximum atomic E-state index is 6.37. The lowest BCUT2D eigenvalue weighted by atomic mass is 10.0. The number of nitrogens with two attached hydrogens (primary N) is 1. The van der Waals surface area contributed by atoms with Crippen molar-refractivity contribution >= 4 is 15.9 Å². The van der Waals surface area contributed by atoms with Crippen molar-refractivity contribution in [3.63, 3.8) is 0 Å². The number of aryl methyl sites for hydroxylation is 3. The number of hydrogen-bond acceptors (Lipinski definition) is 3. The van der Waals surface area contributed by atoms with Gasteiger partial charge in [-0.25, -0.2) is 0 Å². The lowest BCUT2D eigenvalue weighted by Crippen LogP contribution is -2.17. The molecule has 0 aromatic carbocycles. The van der Waals surface area contributed by atoms with Crippen molar-refractivity contribution in [3.8, 4) is 0 Å². The van der Waals surface area contributed by atoms with Crippen LogP contribution in [0.3, 0.4) is 0 Å². The molecule has 0 saturated heterocycles. The molecule has 2 rings (SSSR count). The largest absolute Gasteiger partial charge is 0.324 e. The number of hydrogen-bond donors (Lipinski definition) is 1. The van der Waals surface area contributed by atoms with Gasteiger partial charge in [0.1, 0.15) is 0 Å². The van der Waals surface area contributed by atoms with Crippen LogP contribution in [0.2, 0.25) is 0 Å². The molecule has 5 heteroatoms. The standard InChI is InChI=1S/C15H21BrN4/c1-4-13-15(16)14(20(5-2)19-13)8-12(17)11-9-18-7-6-10(11)3/h6-7,9,12H,4-5,8,17H2,1-3H3. The Balaban J connectivity index is 2.30. The van der Waals surface area contributed by atoms with E-state index < -0.39 is 0 Å². The van der Waals surface area contributed by atoms with Gasteiger partial charge in [0.05, 0.1) is 15.9 Å². The summed E-state index contributed by atoms with van der Waals surface area (Å²) in [4.78, 5) is 4.18. The molecule has 0 spiro atoms. The first-order chi connectivity index (χ1) is 9.58. The molecular formula is C15H21BrN4. The summed E-state index contributed by atoms with van der Waals surface area (Å²) < 4.78 is 3.13. The Hall–Kier alpha value is -1.20. The summed E-state index contributed by atoms with van der Waals surface area (Å²) in [5.74, 6) is 0. The van der Waals surface area contributed by atoms with E-state index >= 15 is 0 Å². The van der Waals surface area contributed by atoms with E-state index in [-0.39, 0.29) is 6.04 Å². The second kappa shape index (κ2) is 6.50.